The predicted molar refractivity (Wildman–Crippen MR) is 92.4 cm³/mol. The molecule has 0 bridgehead atoms. The summed E-state index contributed by atoms with van der Waals surface area (Å²) in [6.45, 7) is 1.24. The van der Waals surface area contributed by atoms with Gasteiger partial charge in [0.1, 0.15) is 12.6 Å². The van der Waals surface area contributed by atoms with Crippen molar-refractivity contribution in [3.8, 4) is 0 Å². The zero-order valence-corrected chi connectivity index (χ0v) is 14.4. The lowest BCUT2D eigenvalue weighted by molar-refractivity contribution is -0.159. The molecule has 2 aromatic rings. The standard InChI is InChI=1S/C18H20N2O3S/c1-19(11-15-8-5-9-24-15)18(22)16-12-23-13-17(21)20(16)10-14-6-3-2-4-7-14/h2-9,16H,10-13H2,1H3/t16-/m0/s1. The number of benzene rings is 1. The van der Waals surface area contributed by atoms with E-state index in [9.17, 15) is 9.59 Å². The van der Waals surface area contributed by atoms with Gasteiger partial charge >= 0.3 is 0 Å². The molecule has 1 saturated heterocycles. The summed E-state index contributed by atoms with van der Waals surface area (Å²) in [5, 5.41) is 1.99. The van der Waals surface area contributed by atoms with Gasteiger partial charge in [0, 0.05) is 18.5 Å². The summed E-state index contributed by atoms with van der Waals surface area (Å²) in [5.41, 5.74) is 1.01. The third-order valence-electron chi connectivity index (χ3n) is 4.03. The third kappa shape index (κ3) is 3.83. The smallest absolute Gasteiger partial charge is 0.249 e. The lowest BCUT2D eigenvalue weighted by Gasteiger charge is -2.36. The fraction of sp³-hybridized carbons (Fsp3) is 0.333. The number of carbonyl (C=O) groups is 2. The van der Waals surface area contributed by atoms with Crippen molar-refractivity contribution >= 4 is 23.2 Å². The van der Waals surface area contributed by atoms with E-state index in [2.05, 4.69) is 0 Å². The molecule has 0 N–H and O–H groups in total. The van der Waals surface area contributed by atoms with E-state index >= 15 is 0 Å². The number of likely N-dealkylation sites (N-methyl/N-ethyl adjacent to an activating group) is 1. The van der Waals surface area contributed by atoms with Crippen LogP contribution in [0.25, 0.3) is 0 Å². The summed E-state index contributed by atoms with van der Waals surface area (Å²) in [4.78, 5) is 29.5. The van der Waals surface area contributed by atoms with E-state index in [1.54, 1.807) is 28.2 Å². The fourth-order valence-corrected chi connectivity index (χ4v) is 3.51. The molecule has 0 saturated carbocycles. The molecule has 126 valence electrons. The second-order valence-corrected chi connectivity index (χ2v) is 6.84. The summed E-state index contributed by atoms with van der Waals surface area (Å²) in [6.07, 6.45) is 0. The van der Waals surface area contributed by atoms with Crippen molar-refractivity contribution in [1.82, 2.24) is 9.80 Å². The highest BCUT2D eigenvalue weighted by Gasteiger charge is 2.35. The molecule has 2 amide bonds. The van der Waals surface area contributed by atoms with Crippen molar-refractivity contribution in [2.45, 2.75) is 19.1 Å². The maximum Gasteiger partial charge on any atom is 0.249 e. The average molecular weight is 344 g/mol. The largest absolute Gasteiger partial charge is 0.369 e. The van der Waals surface area contributed by atoms with Gasteiger partial charge in [0.05, 0.1) is 13.2 Å². The van der Waals surface area contributed by atoms with E-state index < -0.39 is 6.04 Å². The Morgan fingerprint density at radius 3 is 2.79 bits per heavy atom. The Bertz CT molecular complexity index is 688. The molecular formula is C18H20N2O3S. The summed E-state index contributed by atoms with van der Waals surface area (Å²) in [5.74, 6) is -0.236. The third-order valence-corrected chi connectivity index (χ3v) is 4.89. The number of thiophene rings is 1. The van der Waals surface area contributed by atoms with Crippen LogP contribution in [-0.4, -0.2) is 47.9 Å². The van der Waals surface area contributed by atoms with Crippen molar-refractivity contribution in [3.63, 3.8) is 0 Å². The highest BCUT2D eigenvalue weighted by molar-refractivity contribution is 7.09. The highest BCUT2D eigenvalue weighted by atomic mass is 32.1. The Morgan fingerprint density at radius 1 is 1.29 bits per heavy atom. The van der Waals surface area contributed by atoms with Crippen LogP contribution >= 0.6 is 11.3 Å². The Morgan fingerprint density at radius 2 is 2.08 bits per heavy atom. The molecule has 1 aliphatic rings. The van der Waals surface area contributed by atoms with Crippen molar-refractivity contribution in [2.24, 2.45) is 0 Å². The van der Waals surface area contributed by atoms with Gasteiger partial charge in [0.2, 0.25) is 11.8 Å². The Labute approximate surface area is 145 Å². The highest BCUT2D eigenvalue weighted by Crippen LogP contribution is 2.17. The Hall–Kier alpha value is -2.18. The molecule has 0 aliphatic carbocycles. The van der Waals surface area contributed by atoms with Crippen LogP contribution < -0.4 is 0 Å². The molecule has 1 atom stereocenters. The number of rotatable bonds is 5. The van der Waals surface area contributed by atoms with Gasteiger partial charge in [0.25, 0.3) is 0 Å². The van der Waals surface area contributed by atoms with Gasteiger partial charge in [-0.1, -0.05) is 36.4 Å². The first kappa shape index (κ1) is 16.7. The summed E-state index contributed by atoms with van der Waals surface area (Å²) < 4.78 is 5.33. The van der Waals surface area contributed by atoms with Crippen LogP contribution in [0, 0.1) is 0 Å². The van der Waals surface area contributed by atoms with Gasteiger partial charge < -0.3 is 14.5 Å². The monoisotopic (exact) mass is 344 g/mol. The minimum Gasteiger partial charge on any atom is -0.369 e. The van der Waals surface area contributed by atoms with E-state index in [0.29, 0.717) is 13.1 Å². The number of ether oxygens (including phenoxy) is 1. The van der Waals surface area contributed by atoms with Crippen molar-refractivity contribution in [2.75, 3.05) is 20.3 Å². The fourth-order valence-electron chi connectivity index (χ4n) is 2.76. The molecule has 0 spiro atoms. The molecule has 1 aromatic carbocycles. The average Bonchev–Trinajstić information content (AvgIpc) is 3.10. The minimum absolute atomic E-state index is 0.0330. The van der Waals surface area contributed by atoms with E-state index in [4.69, 9.17) is 4.74 Å². The number of amides is 2. The maximum atomic E-state index is 12.8. The summed E-state index contributed by atoms with van der Waals surface area (Å²) >= 11 is 1.61. The first-order valence-electron chi connectivity index (χ1n) is 7.83. The van der Waals surface area contributed by atoms with Gasteiger partial charge in [-0.05, 0) is 17.0 Å². The predicted octanol–water partition coefficient (Wildman–Crippen LogP) is 2.13. The first-order valence-corrected chi connectivity index (χ1v) is 8.71. The maximum absolute atomic E-state index is 12.8. The zero-order valence-electron chi connectivity index (χ0n) is 13.6. The van der Waals surface area contributed by atoms with Crippen LogP contribution in [-0.2, 0) is 27.4 Å². The normalized spacial score (nSPS) is 17.8. The summed E-state index contributed by atoms with van der Waals surface area (Å²) in [7, 11) is 1.77. The second-order valence-electron chi connectivity index (χ2n) is 5.81. The molecule has 1 aliphatic heterocycles. The quantitative estimate of drug-likeness (QED) is 0.835. The van der Waals surface area contributed by atoms with Crippen LogP contribution in [0.1, 0.15) is 10.4 Å². The number of carbonyl (C=O) groups excluding carboxylic acids is 2. The molecule has 2 heterocycles. The molecule has 6 heteroatoms. The number of morpholine rings is 1. The van der Waals surface area contributed by atoms with Crippen LogP contribution in [0.15, 0.2) is 47.8 Å². The molecule has 3 rings (SSSR count). The summed E-state index contributed by atoms with van der Waals surface area (Å²) in [6, 6.07) is 13.1. The zero-order chi connectivity index (χ0) is 16.9. The molecule has 1 fully saturated rings. The van der Waals surface area contributed by atoms with Crippen LogP contribution in [0.2, 0.25) is 0 Å². The lowest BCUT2D eigenvalue weighted by Crippen LogP contribution is -2.56. The molecule has 24 heavy (non-hydrogen) atoms. The molecule has 0 radical (unpaired) electrons. The lowest BCUT2D eigenvalue weighted by atomic mass is 10.1. The molecule has 0 unspecified atom stereocenters. The van der Waals surface area contributed by atoms with Gasteiger partial charge in [-0.15, -0.1) is 11.3 Å². The number of hydrogen-bond acceptors (Lipinski definition) is 4. The van der Waals surface area contributed by atoms with Crippen molar-refractivity contribution in [1.29, 1.82) is 0 Å². The van der Waals surface area contributed by atoms with Crippen LogP contribution in [0.4, 0.5) is 0 Å². The van der Waals surface area contributed by atoms with Crippen molar-refractivity contribution in [3.05, 3.63) is 58.3 Å². The minimum atomic E-state index is -0.573. The van der Waals surface area contributed by atoms with Crippen LogP contribution in [0.3, 0.4) is 0 Å². The van der Waals surface area contributed by atoms with Gasteiger partial charge in [-0.3, -0.25) is 9.59 Å². The molecule has 5 nitrogen and oxygen atoms in total. The van der Waals surface area contributed by atoms with E-state index in [0.717, 1.165) is 10.4 Å². The van der Waals surface area contributed by atoms with Gasteiger partial charge in [-0.2, -0.15) is 0 Å². The SMILES string of the molecule is CN(Cc1cccs1)C(=O)[C@@H]1COCC(=O)N1Cc1ccccc1. The molecule has 1 aromatic heterocycles. The first-order chi connectivity index (χ1) is 11.6. The topological polar surface area (TPSA) is 49.9 Å². The Kier molecular flexibility index (Phi) is 5.27. The van der Waals surface area contributed by atoms with Crippen molar-refractivity contribution < 1.29 is 14.3 Å². The second kappa shape index (κ2) is 7.59. The molecular weight excluding hydrogens is 324 g/mol. The van der Waals surface area contributed by atoms with Crippen LogP contribution in [0.5, 0.6) is 0 Å². The van der Waals surface area contributed by atoms with Gasteiger partial charge in [-0.25, -0.2) is 0 Å². The van der Waals surface area contributed by atoms with E-state index in [1.807, 2.05) is 47.8 Å². The Balaban J connectivity index is 1.73. The van der Waals surface area contributed by atoms with E-state index in [1.165, 1.54) is 0 Å². The van der Waals surface area contributed by atoms with E-state index in [-0.39, 0.29) is 25.0 Å². The number of nitrogens with zero attached hydrogens (tertiary/aromatic N) is 2. The van der Waals surface area contributed by atoms with Gasteiger partial charge in [0.15, 0.2) is 0 Å². The number of hydrogen-bond donors (Lipinski definition) is 0.